The van der Waals surface area contributed by atoms with Gasteiger partial charge in [0.15, 0.2) is 9.84 Å². The van der Waals surface area contributed by atoms with Crippen molar-refractivity contribution in [1.29, 1.82) is 0 Å². The number of hydrogen-bond donors (Lipinski definition) is 1. The molecule has 1 saturated heterocycles. The maximum absolute atomic E-state index is 12.8. The van der Waals surface area contributed by atoms with Gasteiger partial charge in [-0.15, -0.1) is 0 Å². The molecule has 2 aromatic rings. The highest BCUT2D eigenvalue weighted by atomic mass is 32.2. The fourth-order valence-electron chi connectivity index (χ4n) is 3.13. The summed E-state index contributed by atoms with van der Waals surface area (Å²) in [6.07, 6.45) is 2.93. The highest BCUT2D eigenvalue weighted by Gasteiger charge is 2.25. The number of sulfone groups is 1. The average molecular weight is 423 g/mol. The molecule has 1 amide bonds. The Morgan fingerprint density at radius 1 is 0.929 bits per heavy atom. The molecule has 3 rings (SSSR count). The molecule has 2 aromatic carbocycles. The van der Waals surface area contributed by atoms with Gasteiger partial charge in [0, 0.05) is 19.3 Å². The predicted molar refractivity (Wildman–Crippen MR) is 107 cm³/mol. The molecule has 0 aliphatic carbocycles. The predicted octanol–water partition coefficient (Wildman–Crippen LogP) is 2.44. The number of likely N-dealkylation sites (tertiary alicyclic amines) is 1. The van der Waals surface area contributed by atoms with Crippen LogP contribution in [0.3, 0.4) is 0 Å². The number of aryl methyl sites for hydroxylation is 1. The summed E-state index contributed by atoms with van der Waals surface area (Å²) in [4.78, 5) is 14.5. The van der Waals surface area contributed by atoms with Gasteiger partial charge in [0.1, 0.15) is 0 Å². The van der Waals surface area contributed by atoms with Crippen molar-refractivity contribution in [1.82, 2.24) is 4.90 Å². The van der Waals surface area contributed by atoms with Crippen molar-refractivity contribution in [2.75, 3.05) is 24.1 Å². The first kappa shape index (κ1) is 20.3. The number of nitrogens with one attached hydrogen (secondary N) is 1. The van der Waals surface area contributed by atoms with Crippen molar-refractivity contribution < 1.29 is 21.6 Å². The molecule has 150 valence electrons. The Hall–Kier alpha value is -2.39. The monoisotopic (exact) mass is 422 g/mol. The van der Waals surface area contributed by atoms with Crippen LogP contribution in [0.5, 0.6) is 0 Å². The number of para-hydroxylation sites is 1. The van der Waals surface area contributed by atoms with Crippen molar-refractivity contribution >= 4 is 31.5 Å². The van der Waals surface area contributed by atoms with E-state index < -0.39 is 19.9 Å². The Bertz CT molecular complexity index is 1100. The van der Waals surface area contributed by atoms with Crippen molar-refractivity contribution in [3.8, 4) is 0 Å². The van der Waals surface area contributed by atoms with Gasteiger partial charge >= 0.3 is 0 Å². The van der Waals surface area contributed by atoms with E-state index in [9.17, 15) is 21.6 Å². The second-order valence-corrected chi connectivity index (χ2v) is 10.5. The lowest BCUT2D eigenvalue weighted by atomic mass is 10.1. The van der Waals surface area contributed by atoms with Gasteiger partial charge in [-0.1, -0.05) is 12.1 Å². The van der Waals surface area contributed by atoms with Crippen LogP contribution in [0.25, 0.3) is 0 Å². The van der Waals surface area contributed by atoms with Gasteiger partial charge in [0.25, 0.3) is 15.9 Å². The van der Waals surface area contributed by atoms with Gasteiger partial charge in [-0.05, 0) is 55.7 Å². The summed E-state index contributed by atoms with van der Waals surface area (Å²) in [6, 6.07) is 10.0. The fourth-order valence-corrected chi connectivity index (χ4v) is 4.91. The largest absolute Gasteiger partial charge is 0.339 e. The Morgan fingerprint density at radius 3 is 2.07 bits per heavy atom. The minimum Gasteiger partial charge on any atom is -0.339 e. The summed E-state index contributed by atoms with van der Waals surface area (Å²) in [7, 11) is -7.42. The van der Waals surface area contributed by atoms with Crippen LogP contribution in [0.4, 0.5) is 5.69 Å². The number of rotatable bonds is 5. The van der Waals surface area contributed by atoms with Gasteiger partial charge < -0.3 is 4.90 Å². The van der Waals surface area contributed by atoms with E-state index in [1.807, 2.05) is 0 Å². The van der Waals surface area contributed by atoms with Gasteiger partial charge in [-0.2, -0.15) is 0 Å². The lowest BCUT2D eigenvalue weighted by Crippen LogP contribution is -2.29. The summed E-state index contributed by atoms with van der Waals surface area (Å²) in [5.74, 6) is -0.202. The molecule has 1 fully saturated rings. The Kier molecular flexibility index (Phi) is 5.49. The number of amides is 1. The average Bonchev–Trinajstić information content (AvgIpc) is 3.17. The fraction of sp³-hybridized carbons (Fsp3) is 0.316. The topological polar surface area (TPSA) is 101 Å². The standard InChI is InChI=1S/C19H22N2O5S2/c1-14-6-5-7-17(19(22)21-12-3-4-13-21)18(14)20-28(25,26)16-10-8-15(9-11-16)27(2,23)24/h5-11,20H,3-4,12-13H2,1-2H3. The van der Waals surface area contributed by atoms with Crippen LogP contribution in [0.15, 0.2) is 52.3 Å². The van der Waals surface area contributed by atoms with Gasteiger partial charge in [0.2, 0.25) is 0 Å². The highest BCUT2D eigenvalue weighted by Crippen LogP contribution is 2.27. The Balaban J connectivity index is 1.95. The third-order valence-corrected chi connectivity index (χ3v) is 7.19. The van der Waals surface area contributed by atoms with Gasteiger partial charge in [0.05, 0.1) is 21.0 Å². The number of carbonyl (C=O) groups excluding carboxylic acids is 1. The first-order valence-corrected chi connectivity index (χ1v) is 12.2. The normalized spacial score (nSPS) is 14.9. The highest BCUT2D eigenvalue weighted by molar-refractivity contribution is 7.92. The van der Waals surface area contributed by atoms with E-state index in [1.54, 1.807) is 30.0 Å². The molecule has 0 spiro atoms. The smallest absolute Gasteiger partial charge is 0.261 e. The molecule has 0 bridgehead atoms. The molecule has 28 heavy (non-hydrogen) atoms. The SMILES string of the molecule is Cc1cccc(C(=O)N2CCCC2)c1NS(=O)(=O)c1ccc(S(C)(=O)=O)cc1. The molecule has 9 heteroatoms. The van der Waals surface area contributed by atoms with E-state index in [0.29, 0.717) is 24.2 Å². The minimum absolute atomic E-state index is 0.0345. The maximum atomic E-state index is 12.8. The Morgan fingerprint density at radius 2 is 1.50 bits per heavy atom. The minimum atomic E-state index is -3.99. The quantitative estimate of drug-likeness (QED) is 0.798. The van der Waals surface area contributed by atoms with E-state index in [-0.39, 0.29) is 21.4 Å². The van der Waals surface area contributed by atoms with Crippen LogP contribution < -0.4 is 4.72 Å². The second-order valence-electron chi connectivity index (χ2n) is 6.85. The summed E-state index contributed by atoms with van der Waals surface area (Å²) >= 11 is 0. The van der Waals surface area contributed by atoms with E-state index in [2.05, 4.69) is 4.72 Å². The molecule has 0 saturated carbocycles. The zero-order valence-corrected chi connectivity index (χ0v) is 17.3. The number of anilines is 1. The van der Waals surface area contributed by atoms with Crippen LogP contribution >= 0.6 is 0 Å². The molecule has 0 atom stereocenters. The summed E-state index contributed by atoms with van der Waals surface area (Å²) in [5, 5.41) is 0. The first-order chi connectivity index (χ1) is 13.1. The van der Waals surface area contributed by atoms with E-state index in [1.165, 1.54) is 24.3 Å². The van der Waals surface area contributed by atoms with Crippen LogP contribution in [0, 0.1) is 6.92 Å². The number of carbonyl (C=O) groups is 1. The molecule has 7 nitrogen and oxygen atoms in total. The molecule has 1 N–H and O–H groups in total. The third-order valence-electron chi connectivity index (χ3n) is 4.70. The van der Waals surface area contributed by atoms with E-state index >= 15 is 0 Å². The number of nitrogens with zero attached hydrogens (tertiary/aromatic N) is 1. The Labute approximate surface area is 165 Å². The van der Waals surface area contributed by atoms with Crippen molar-refractivity contribution in [3.05, 3.63) is 53.6 Å². The van der Waals surface area contributed by atoms with E-state index in [0.717, 1.165) is 19.1 Å². The lowest BCUT2D eigenvalue weighted by Gasteiger charge is -2.20. The molecular weight excluding hydrogens is 400 g/mol. The third kappa shape index (κ3) is 4.20. The summed E-state index contributed by atoms with van der Waals surface area (Å²) in [6.45, 7) is 3.04. The van der Waals surface area contributed by atoms with Crippen molar-refractivity contribution in [2.24, 2.45) is 0 Å². The maximum Gasteiger partial charge on any atom is 0.261 e. The van der Waals surface area contributed by atoms with Crippen LogP contribution in [-0.4, -0.2) is 47.0 Å². The van der Waals surface area contributed by atoms with Crippen molar-refractivity contribution in [2.45, 2.75) is 29.6 Å². The summed E-state index contributed by atoms with van der Waals surface area (Å²) in [5.41, 5.74) is 1.17. The molecule has 1 heterocycles. The first-order valence-electron chi connectivity index (χ1n) is 8.81. The summed E-state index contributed by atoms with van der Waals surface area (Å²) < 4.78 is 51.3. The molecule has 0 radical (unpaired) electrons. The molecule has 0 unspecified atom stereocenters. The van der Waals surface area contributed by atoms with Crippen LogP contribution in [0.2, 0.25) is 0 Å². The number of hydrogen-bond acceptors (Lipinski definition) is 5. The molecule has 0 aromatic heterocycles. The van der Waals surface area contributed by atoms with Crippen LogP contribution in [0.1, 0.15) is 28.8 Å². The van der Waals surface area contributed by atoms with Gasteiger partial charge in [-0.3, -0.25) is 9.52 Å². The molecular formula is C19H22N2O5S2. The van der Waals surface area contributed by atoms with E-state index in [4.69, 9.17) is 0 Å². The van der Waals surface area contributed by atoms with Gasteiger partial charge in [-0.25, -0.2) is 16.8 Å². The molecule has 1 aliphatic rings. The second kappa shape index (κ2) is 7.56. The number of sulfonamides is 1. The van der Waals surface area contributed by atoms with Crippen LogP contribution in [-0.2, 0) is 19.9 Å². The van der Waals surface area contributed by atoms with Crippen molar-refractivity contribution in [3.63, 3.8) is 0 Å². The zero-order valence-electron chi connectivity index (χ0n) is 15.7. The zero-order chi connectivity index (χ0) is 20.5. The molecule has 1 aliphatic heterocycles. The lowest BCUT2D eigenvalue weighted by molar-refractivity contribution is 0.0794. The number of benzene rings is 2.